The molecule has 5 rings (SSSR count). The van der Waals surface area contributed by atoms with Gasteiger partial charge in [-0.3, -0.25) is 14.0 Å². The van der Waals surface area contributed by atoms with Crippen LogP contribution in [0.4, 0.5) is 0 Å². The van der Waals surface area contributed by atoms with Crippen molar-refractivity contribution in [2.75, 3.05) is 6.61 Å². The van der Waals surface area contributed by atoms with Crippen molar-refractivity contribution in [1.82, 2.24) is 14.0 Å². The first kappa shape index (κ1) is 21.7. The first-order valence-electron chi connectivity index (χ1n) is 11.2. The van der Waals surface area contributed by atoms with E-state index >= 15 is 0 Å². The minimum Gasteiger partial charge on any atom is -0.376 e. The highest BCUT2D eigenvalue weighted by Crippen LogP contribution is 2.18. The standard InChI is InChI=1S/C26H23N5O3/c1-16-6-3-8-18(12-16)25(32)29-23-19(14-27)13-21-24(31(23)15-20-9-5-11-34-20)28-22-17(2)7-4-10-30(22)26(21)33/h3-4,6-8,10,12-13,20H,5,9,11,15H2,1-2H3/t20-/m1/s1. The topological polar surface area (TPSA) is 102 Å². The number of hydrogen-bond donors (Lipinski definition) is 0. The van der Waals surface area contributed by atoms with Crippen LogP contribution in [0.5, 0.6) is 0 Å². The number of aromatic nitrogens is 3. The highest BCUT2D eigenvalue weighted by atomic mass is 16.5. The summed E-state index contributed by atoms with van der Waals surface area (Å²) in [6.07, 6.45) is 3.30. The van der Waals surface area contributed by atoms with Crippen LogP contribution in [-0.4, -0.2) is 32.6 Å². The van der Waals surface area contributed by atoms with Crippen LogP contribution in [0.15, 0.2) is 58.4 Å². The average molecular weight is 454 g/mol. The van der Waals surface area contributed by atoms with Crippen LogP contribution in [0, 0.1) is 25.2 Å². The van der Waals surface area contributed by atoms with Gasteiger partial charge in [0.25, 0.3) is 11.5 Å². The summed E-state index contributed by atoms with van der Waals surface area (Å²) in [6.45, 7) is 4.76. The molecule has 0 saturated carbocycles. The predicted octanol–water partition coefficient (Wildman–Crippen LogP) is 3.06. The zero-order valence-corrected chi connectivity index (χ0v) is 19.0. The summed E-state index contributed by atoms with van der Waals surface area (Å²) >= 11 is 0. The summed E-state index contributed by atoms with van der Waals surface area (Å²) in [5.41, 5.74) is 3.13. The lowest BCUT2D eigenvalue weighted by atomic mass is 10.1. The average Bonchev–Trinajstić information content (AvgIpc) is 3.34. The van der Waals surface area contributed by atoms with Crippen LogP contribution >= 0.6 is 0 Å². The van der Waals surface area contributed by atoms with Gasteiger partial charge in [-0.15, -0.1) is 0 Å². The molecule has 8 nitrogen and oxygen atoms in total. The molecule has 1 atom stereocenters. The molecule has 0 aliphatic carbocycles. The Morgan fingerprint density at radius 2 is 2.09 bits per heavy atom. The molecule has 1 fully saturated rings. The number of carbonyl (C=O) groups is 1. The van der Waals surface area contributed by atoms with Gasteiger partial charge in [-0.05, 0) is 56.5 Å². The van der Waals surface area contributed by atoms with Crippen LogP contribution in [0.1, 0.15) is 39.9 Å². The molecule has 4 heterocycles. The second-order valence-corrected chi connectivity index (χ2v) is 8.56. The summed E-state index contributed by atoms with van der Waals surface area (Å²) in [4.78, 5) is 35.6. The van der Waals surface area contributed by atoms with Crippen molar-refractivity contribution in [2.45, 2.75) is 39.3 Å². The Hall–Kier alpha value is -4.09. The van der Waals surface area contributed by atoms with Gasteiger partial charge in [-0.25, -0.2) is 4.98 Å². The first-order valence-corrected chi connectivity index (χ1v) is 11.2. The van der Waals surface area contributed by atoms with Crippen LogP contribution in [0.2, 0.25) is 0 Å². The number of hydrogen-bond acceptors (Lipinski definition) is 5. The van der Waals surface area contributed by atoms with Crippen LogP contribution in [0.25, 0.3) is 16.7 Å². The maximum atomic E-state index is 13.4. The number of benzene rings is 1. The summed E-state index contributed by atoms with van der Waals surface area (Å²) in [7, 11) is 0. The molecule has 1 aliphatic rings. The number of pyridine rings is 2. The highest BCUT2D eigenvalue weighted by Gasteiger charge is 2.21. The van der Waals surface area contributed by atoms with Gasteiger partial charge in [-0.1, -0.05) is 23.8 Å². The van der Waals surface area contributed by atoms with Crippen LogP contribution in [0.3, 0.4) is 0 Å². The summed E-state index contributed by atoms with van der Waals surface area (Å²) in [5, 5.41) is 10.2. The SMILES string of the molecule is Cc1cccc(C(=O)N=c2c(C#N)cc3c(=O)n4cccc(C)c4nc3n2C[C@H]2CCCO2)c1. The van der Waals surface area contributed by atoms with Gasteiger partial charge in [0.05, 0.1) is 23.6 Å². The predicted molar refractivity (Wildman–Crippen MR) is 126 cm³/mol. The number of amides is 1. The number of nitrogens with zero attached hydrogens (tertiary/aromatic N) is 5. The third kappa shape index (κ3) is 3.80. The Bertz CT molecular complexity index is 1620. The van der Waals surface area contributed by atoms with Crippen molar-refractivity contribution in [3.63, 3.8) is 0 Å². The second-order valence-electron chi connectivity index (χ2n) is 8.56. The summed E-state index contributed by atoms with van der Waals surface area (Å²) in [6, 6.07) is 14.4. The van der Waals surface area contributed by atoms with Gasteiger partial charge < -0.3 is 9.30 Å². The van der Waals surface area contributed by atoms with E-state index in [1.54, 1.807) is 35.0 Å². The van der Waals surface area contributed by atoms with Crippen molar-refractivity contribution in [2.24, 2.45) is 4.99 Å². The van der Waals surface area contributed by atoms with Gasteiger partial charge >= 0.3 is 0 Å². The molecule has 0 radical (unpaired) electrons. The molecule has 0 unspecified atom stereocenters. The molecule has 0 spiro atoms. The van der Waals surface area contributed by atoms with Crippen molar-refractivity contribution in [1.29, 1.82) is 5.26 Å². The number of fused-ring (bicyclic) bond motifs is 2. The van der Waals surface area contributed by atoms with Gasteiger partial charge in [0.1, 0.15) is 17.4 Å². The van der Waals surface area contributed by atoms with E-state index in [9.17, 15) is 14.9 Å². The lowest BCUT2D eigenvalue weighted by Crippen LogP contribution is -2.33. The normalized spacial score (nSPS) is 16.3. The Kier molecular flexibility index (Phi) is 5.56. The van der Waals surface area contributed by atoms with Crippen molar-refractivity contribution in [3.05, 3.63) is 86.8 Å². The molecule has 1 aromatic carbocycles. The largest absolute Gasteiger partial charge is 0.376 e. The molecule has 34 heavy (non-hydrogen) atoms. The van der Waals surface area contributed by atoms with E-state index in [1.807, 2.05) is 26.0 Å². The maximum absolute atomic E-state index is 13.4. The van der Waals surface area contributed by atoms with Crippen molar-refractivity contribution >= 4 is 22.6 Å². The van der Waals surface area contributed by atoms with E-state index in [-0.39, 0.29) is 22.7 Å². The van der Waals surface area contributed by atoms with E-state index in [0.717, 1.165) is 24.0 Å². The van der Waals surface area contributed by atoms with E-state index in [1.165, 1.54) is 10.5 Å². The molecule has 8 heteroatoms. The lowest BCUT2D eigenvalue weighted by molar-refractivity contribution is 0.0952. The molecule has 1 aliphatic heterocycles. The van der Waals surface area contributed by atoms with Gasteiger partial charge in [0, 0.05) is 18.4 Å². The van der Waals surface area contributed by atoms with Gasteiger partial charge in [-0.2, -0.15) is 10.3 Å². The van der Waals surface area contributed by atoms with Crippen molar-refractivity contribution in [3.8, 4) is 6.07 Å². The molecule has 170 valence electrons. The van der Waals surface area contributed by atoms with Crippen LogP contribution < -0.4 is 11.0 Å². The number of nitriles is 1. The number of rotatable bonds is 3. The van der Waals surface area contributed by atoms with Gasteiger partial charge in [0.15, 0.2) is 5.49 Å². The fourth-order valence-electron chi connectivity index (χ4n) is 4.39. The monoisotopic (exact) mass is 453 g/mol. The third-order valence-corrected chi connectivity index (χ3v) is 6.11. The minimum atomic E-state index is -0.464. The van der Waals surface area contributed by atoms with Crippen LogP contribution in [-0.2, 0) is 11.3 Å². The molecule has 0 bridgehead atoms. The fraction of sp³-hybridized carbons (Fsp3) is 0.269. The number of ether oxygens (including phenoxy) is 1. The maximum Gasteiger partial charge on any atom is 0.279 e. The van der Waals surface area contributed by atoms with E-state index in [2.05, 4.69) is 11.1 Å². The van der Waals surface area contributed by atoms with E-state index in [0.29, 0.717) is 35.4 Å². The smallest absolute Gasteiger partial charge is 0.279 e. The zero-order valence-electron chi connectivity index (χ0n) is 19.0. The second kappa shape index (κ2) is 8.69. The Balaban J connectivity index is 1.85. The molecule has 3 aromatic heterocycles. The Morgan fingerprint density at radius 1 is 1.24 bits per heavy atom. The minimum absolute atomic E-state index is 0.123. The Labute approximate surface area is 195 Å². The molecular weight excluding hydrogens is 430 g/mol. The Morgan fingerprint density at radius 3 is 2.82 bits per heavy atom. The molecule has 1 saturated heterocycles. The molecule has 4 aromatic rings. The quantitative estimate of drug-likeness (QED) is 0.444. The first-order chi connectivity index (χ1) is 16.5. The van der Waals surface area contributed by atoms with E-state index < -0.39 is 5.91 Å². The zero-order chi connectivity index (χ0) is 23.8. The molecular formula is C26H23N5O3. The molecule has 0 N–H and O–H groups in total. The highest BCUT2D eigenvalue weighted by molar-refractivity contribution is 5.95. The lowest BCUT2D eigenvalue weighted by Gasteiger charge is -2.17. The molecule has 1 amide bonds. The fourth-order valence-corrected chi connectivity index (χ4v) is 4.39. The summed E-state index contributed by atoms with van der Waals surface area (Å²) < 4.78 is 9.02. The van der Waals surface area contributed by atoms with E-state index in [4.69, 9.17) is 9.72 Å². The van der Waals surface area contributed by atoms with Crippen molar-refractivity contribution < 1.29 is 9.53 Å². The number of carbonyl (C=O) groups excluding carboxylic acids is 1. The van der Waals surface area contributed by atoms with Gasteiger partial charge in [0.2, 0.25) is 0 Å². The summed E-state index contributed by atoms with van der Waals surface area (Å²) in [5.74, 6) is -0.464. The number of aryl methyl sites for hydroxylation is 2. The third-order valence-electron chi connectivity index (χ3n) is 6.11.